The van der Waals surface area contributed by atoms with E-state index in [4.69, 9.17) is 11.6 Å². The van der Waals surface area contributed by atoms with Gasteiger partial charge >= 0.3 is 0 Å². The number of benzene rings is 3. The predicted octanol–water partition coefficient (Wildman–Crippen LogP) is 5.06. The van der Waals surface area contributed by atoms with E-state index >= 15 is 0 Å². The number of sulfonamides is 1. The number of rotatable bonds is 8. The standard InChI is InChI=1S/C28H29ClN4O3S/c29-23-9-11-25-26(12-15-31-27(25)18-23)30-13-4-14-32-28(34)22-7-3-16-33(19-22)37(35,36)24-10-8-20-5-1-2-6-21(20)17-24/h1-2,5-6,8-12,15,17-18,22H,3-4,7,13-14,16,19H2,(H,30,31)(H,32,34)/t22-/m0/s1. The maximum atomic E-state index is 13.3. The highest BCUT2D eigenvalue weighted by Gasteiger charge is 2.33. The van der Waals surface area contributed by atoms with Gasteiger partial charge in [-0.15, -0.1) is 0 Å². The average Bonchev–Trinajstić information content (AvgIpc) is 2.92. The summed E-state index contributed by atoms with van der Waals surface area (Å²) in [4.78, 5) is 17.5. The van der Waals surface area contributed by atoms with Crippen molar-refractivity contribution in [2.75, 3.05) is 31.5 Å². The number of carbonyl (C=O) groups excluding carboxylic acids is 1. The molecule has 1 aliphatic rings. The van der Waals surface area contributed by atoms with Gasteiger partial charge in [0, 0.05) is 48.5 Å². The highest BCUT2D eigenvalue weighted by atomic mass is 35.5. The smallest absolute Gasteiger partial charge is 0.243 e. The number of aromatic nitrogens is 1. The molecule has 5 rings (SSSR count). The SMILES string of the molecule is O=C(NCCCNc1ccnc2cc(Cl)ccc12)[C@H]1CCCN(S(=O)(=O)c2ccc3ccccc3c2)C1. The fourth-order valence-electron chi connectivity index (χ4n) is 4.79. The number of hydrogen-bond acceptors (Lipinski definition) is 5. The van der Waals surface area contributed by atoms with Crippen molar-refractivity contribution >= 4 is 54.9 Å². The Labute approximate surface area is 221 Å². The molecule has 4 aromatic rings. The summed E-state index contributed by atoms with van der Waals surface area (Å²) >= 11 is 6.06. The van der Waals surface area contributed by atoms with E-state index in [1.165, 1.54) is 4.31 Å². The number of carbonyl (C=O) groups is 1. The second-order valence-corrected chi connectivity index (χ2v) is 11.7. The molecule has 7 nitrogen and oxygen atoms in total. The van der Waals surface area contributed by atoms with Gasteiger partial charge in [0.1, 0.15) is 0 Å². The topological polar surface area (TPSA) is 91.4 Å². The Balaban J connectivity index is 1.14. The van der Waals surface area contributed by atoms with Crippen molar-refractivity contribution in [3.05, 3.63) is 77.9 Å². The molecule has 192 valence electrons. The lowest BCUT2D eigenvalue weighted by molar-refractivity contribution is -0.126. The van der Waals surface area contributed by atoms with Crippen LogP contribution in [0.15, 0.2) is 77.8 Å². The Hall–Kier alpha value is -3.20. The number of nitrogens with one attached hydrogen (secondary N) is 2. The van der Waals surface area contributed by atoms with Gasteiger partial charge in [-0.05, 0) is 66.4 Å². The van der Waals surface area contributed by atoms with Crippen molar-refractivity contribution in [1.82, 2.24) is 14.6 Å². The Morgan fingerprint density at radius 2 is 1.86 bits per heavy atom. The van der Waals surface area contributed by atoms with Crippen LogP contribution in [0.5, 0.6) is 0 Å². The summed E-state index contributed by atoms with van der Waals surface area (Å²) in [5, 5.41) is 9.90. The summed E-state index contributed by atoms with van der Waals surface area (Å²) in [5.41, 5.74) is 1.79. The molecule has 1 saturated heterocycles. The van der Waals surface area contributed by atoms with Crippen LogP contribution in [0, 0.1) is 5.92 Å². The molecular weight excluding hydrogens is 508 g/mol. The van der Waals surface area contributed by atoms with E-state index in [1.807, 2.05) is 54.6 Å². The Bertz CT molecular complexity index is 1540. The number of pyridine rings is 1. The second-order valence-electron chi connectivity index (χ2n) is 9.30. The van der Waals surface area contributed by atoms with Gasteiger partial charge in [-0.25, -0.2) is 8.42 Å². The van der Waals surface area contributed by atoms with Crippen LogP contribution in [-0.2, 0) is 14.8 Å². The van der Waals surface area contributed by atoms with Gasteiger partial charge in [-0.3, -0.25) is 9.78 Å². The zero-order valence-electron chi connectivity index (χ0n) is 20.4. The van der Waals surface area contributed by atoms with Crippen LogP contribution in [0.1, 0.15) is 19.3 Å². The van der Waals surface area contributed by atoms with Crippen LogP contribution in [0.25, 0.3) is 21.7 Å². The number of hydrogen-bond donors (Lipinski definition) is 2. The molecule has 2 heterocycles. The Morgan fingerprint density at radius 1 is 1.03 bits per heavy atom. The first-order valence-corrected chi connectivity index (χ1v) is 14.3. The lowest BCUT2D eigenvalue weighted by Gasteiger charge is -2.31. The van der Waals surface area contributed by atoms with E-state index in [0.717, 1.165) is 33.8 Å². The lowest BCUT2D eigenvalue weighted by Crippen LogP contribution is -2.45. The van der Waals surface area contributed by atoms with Crippen molar-refractivity contribution in [2.45, 2.75) is 24.2 Å². The predicted molar refractivity (Wildman–Crippen MR) is 148 cm³/mol. The first kappa shape index (κ1) is 25.4. The summed E-state index contributed by atoms with van der Waals surface area (Å²) in [7, 11) is -3.67. The molecule has 0 spiro atoms. The van der Waals surface area contributed by atoms with E-state index in [9.17, 15) is 13.2 Å². The first-order valence-electron chi connectivity index (χ1n) is 12.5. The summed E-state index contributed by atoms with van der Waals surface area (Å²) in [6.45, 7) is 1.81. The molecule has 1 atom stereocenters. The molecule has 0 unspecified atom stereocenters. The van der Waals surface area contributed by atoms with Crippen molar-refractivity contribution in [1.29, 1.82) is 0 Å². The Morgan fingerprint density at radius 3 is 2.73 bits per heavy atom. The fourth-order valence-corrected chi connectivity index (χ4v) is 6.52. The van der Waals surface area contributed by atoms with Gasteiger partial charge in [0.05, 0.1) is 16.3 Å². The van der Waals surface area contributed by atoms with Crippen LogP contribution >= 0.6 is 11.6 Å². The third-order valence-corrected chi connectivity index (χ3v) is 8.88. The van der Waals surface area contributed by atoms with Crippen LogP contribution in [0.2, 0.25) is 5.02 Å². The maximum absolute atomic E-state index is 13.3. The van der Waals surface area contributed by atoms with Gasteiger partial charge in [0.2, 0.25) is 15.9 Å². The normalized spacial score (nSPS) is 16.6. The number of anilines is 1. The van der Waals surface area contributed by atoms with E-state index in [-0.39, 0.29) is 23.3 Å². The molecule has 9 heteroatoms. The minimum absolute atomic E-state index is 0.0950. The van der Waals surface area contributed by atoms with Crippen molar-refractivity contribution in [3.63, 3.8) is 0 Å². The highest BCUT2D eigenvalue weighted by Crippen LogP contribution is 2.27. The summed E-state index contributed by atoms with van der Waals surface area (Å²) < 4.78 is 28.1. The lowest BCUT2D eigenvalue weighted by atomic mass is 9.99. The molecule has 1 amide bonds. The second kappa shape index (κ2) is 11.0. The molecule has 0 aliphatic carbocycles. The van der Waals surface area contributed by atoms with E-state index in [0.29, 0.717) is 37.5 Å². The molecule has 0 saturated carbocycles. The van der Waals surface area contributed by atoms with Crippen molar-refractivity contribution in [2.24, 2.45) is 5.92 Å². The fraction of sp³-hybridized carbons (Fsp3) is 0.286. The zero-order valence-corrected chi connectivity index (χ0v) is 21.9. The van der Waals surface area contributed by atoms with Gasteiger partial charge in [0.15, 0.2) is 0 Å². The molecule has 1 aromatic heterocycles. The number of piperidine rings is 1. The molecule has 1 aliphatic heterocycles. The molecule has 0 radical (unpaired) electrons. The van der Waals surface area contributed by atoms with Crippen LogP contribution in [0.4, 0.5) is 5.69 Å². The van der Waals surface area contributed by atoms with Crippen LogP contribution in [0.3, 0.4) is 0 Å². The molecule has 3 aromatic carbocycles. The van der Waals surface area contributed by atoms with E-state index in [2.05, 4.69) is 15.6 Å². The molecule has 37 heavy (non-hydrogen) atoms. The van der Waals surface area contributed by atoms with Gasteiger partial charge in [0.25, 0.3) is 0 Å². The van der Waals surface area contributed by atoms with E-state index < -0.39 is 10.0 Å². The first-order chi connectivity index (χ1) is 17.9. The zero-order chi connectivity index (χ0) is 25.8. The van der Waals surface area contributed by atoms with Crippen molar-refractivity contribution in [3.8, 4) is 0 Å². The third-order valence-electron chi connectivity index (χ3n) is 6.79. The van der Waals surface area contributed by atoms with Crippen molar-refractivity contribution < 1.29 is 13.2 Å². The van der Waals surface area contributed by atoms with E-state index in [1.54, 1.807) is 18.3 Å². The van der Waals surface area contributed by atoms with Gasteiger partial charge in [-0.1, -0.05) is 41.9 Å². The highest BCUT2D eigenvalue weighted by molar-refractivity contribution is 7.89. The third kappa shape index (κ3) is 5.71. The molecular formula is C28H29ClN4O3S. The molecule has 0 bridgehead atoms. The number of nitrogens with zero attached hydrogens (tertiary/aromatic N) is 2. The van der Waals surface area contributed by atoms with Crippen LogP contribution < -0.4 is 10.6 Å². The quantitative estimate of drug-likeness (QED) is 0.307. The van der Waals surface area contributed by atoms with Gasteiger partial charge < -0.3 is 10.6 Å². The van der Waals surface area contributed by atoms with Crippen LogP contribution in [-0.4, -0.2) is 49.8 Å². The number of amides is 1. The monoisotopic (exact) mass is 536 g/mol. The Kier molecular flexibility index (Phi) is 7.60. The maximum Gasteiger partial charge on any atom is 0.243 e. The summed E-state index contributed by atoms with van der Waals surface area (Å²) in [6, 6.07) is 20.4. The van der Waals surface area contributed by atoms with Gasteiger partial charge in [-0.2, -0.15) is 4.31 Å². The number of fused-ring (bicyclic) bond motifs is 2. The summed E-state index contributed by atoms with van der Waals surface area (Å²) in [5.74, 6) is -0.451. The average molecular weight is 537 g/mol. The molecule has 1 fully saturated rings. The largest absolute Gasteiger partial charge is 0.384 e. The number of halogens is 1. The summed E-state index contributed by atoms with van der Waals surface area (Å²) in [6.07, 6.45) is 3.81. The minimum Gasteiger partial charge on any atom is -0.384 e. The molecule has 2 N–H and O–H groups in total. The minimum atomic E-state index is -3.67.